The largest absolute Gasteiger partial charge is 0.481 e. The molecule has 1 aromatic heterocycles. The number of nitrogens with zero attached hydrogens (tertiary/aromatic N) is 3. The van der Waals surface area contributed by atoms with Gasteiger partial charge >= 0.3 is 5.97 Å². The van der Waals surface area contributed by atoms with Crippen LogP contribution in [0.5, 0.6) is 0 Å². The van der Waals surface area contributed by atoms with Crippen LogP contribution in [0.4, 0.5) is 0 Å². The highest BCUT2D eigenvalue weighted by Crippen LogP contribution is 2.32. The highest BCUT2D eigenvalue weighted by Gasteiger charge is 2.24. The molecule has 1 fully saturated rings. The summed E-state index contributed by atoms with van der Waals surface area (Å²) in [6.07, 6.45) is 1.96. The van der Waals surface area contributed by atoms with Crippen LogP contribution < -0.4 is 0 Å². The van der Waals surface area contributed by atoms with Crippen molar-refractivity contribution < 1.29 is 9.90 Å². The van der Waals surface area contributed by atoms with Crippen molar-refractivity contribution in [3.63, 3.8) is 0 Å². The zero-order valence-electron chi connectivity index (χ0n) is 9.63. The van der Waals surface area contributed by atoms with E-state index in [2.05, 4.69) is 14.8 Å². The fourth-order valence-corrected chi connectivity index (χ4v) is 3.80. The van der Waals surface area contributed by atoms with Crippen LogP contribution in [0.15, 0.2) is 5.16 Å². The van der Waals surface area contributed by atoms with E-state index in [-0.39, 0.29) is 5.75 Å². The highest BCUT2D eigenvalue weighted by molar-refractivity contribution is 8.00. The second-order valence-corrected chi connectivity index (χ2v) is 5.91. The lowest BCUT2D eigenvalue weighted by atomic mass is 10.2. The zero-order chi connectivity index (χ0) is 12.3. The van der Waals surface area contributed by atoms with Gasteiger partial charge in [-0.2, -0.15) is 11.8 Å². The minimum atomic E-state index is -0.816. The maximum Gasteiger partial charge on any atom is 0.313 e. The molecule has 17 heavy (non-hydrogen) atoms. The lowest BCUT2D eigenvalue weighted by molar-refractivity contribution is -0.133. The number of carbonyl (C=O) groups is 1. The fourth-order valence-electron chi connectivity index (χ4n) is 1.87. The van der Waals surface area contributed by atoms with Crippen molar-refractivity contribution >= 4 is 29.5 Å². The van der Waals surface area contributed by atoms with Crippen LogP contribution in [0, 0.1) is 0 Å². The first-order valence-electron chi connectivity index (χ1n) is 5.58. The summed E-state index contributed by atoms with van der Waals surface area (Å²) in [6, 6.07) is 0.432. The molecule has 0 saturated carbocycles. The fraction of sp³-hybridized carbons (Fsp3) is 0.700. The van der Waals surface area contributed by atoms with Crippen LogP contribution in [-0.4, -0.2) is 43.1 Å². The number of aliphatic carboxylic acids is 1. The van der Waals surface area contributed by atoms with Gasteiger partial charge < -0.3 is 9.67 Å². The Morgan fingerprint density at radius 3 is 3.06 bits per heavy atom. The number of aryl methyl sites for hydroxylation is 1. The molecule has 1 unspecified atom stereocenters. The average molecular weight is 273 g/mol. The normalized spacial score (nSPS) is 19.7. The molecule has 0 amide bonds. The maximum atomic E-state index is 10.6. The third-order valence-electron chi connectivity index (χ3n) is 2.65. The smallest absolute Gasteiger partial charge is 0.313 e. The summed E-state index contributed by atoms with van der Waals surface area (Å²) < 4.78 is 2.13. The molecule has 0 radical (unpaired) electrons. The van der Waals surface area contributed by atoms with E-state index >= 15 is 0 Å². The van der Waals surface area contributed by atoms with Gasteiger partial charge in [0.2, 0.25) is 0 Å². The number of carboxylic acid groups (broad SMARTS) is 1. The van der Waals surface area contributed by atoms with Crippen LogP contribution in [0.2, 0.25) is 0 Å². The first-order chi connectivity index (χ1) is 8.22. The second-order valence-electron chi connectivity index (χ2n) is 3.82. The molecule has 1 aromatic rings. The number of rotatable bonds is 5. The predicted molar refractivity (Wildman–Crippen MR) is 68.7 cm³/mol. The number of aromatic nitrogens is 3. The standard InChI is InChI=1S/C10H15N3O2S2/c1-2-8-11-12-10(17-6-9(14)15)13(8)7-3-4-16-5-7/h7H,2-6H2,1H3,(H,14,15). The van der Waals surface area contributed by atoms with Crippen LogP contribution in [0.25, 0.3) is 0 Å². The van der Waals surface area contributed by atoms with E-state index in [1.807, 2.05) is 18.7 Å². The lowest BCUT2D eigenvalue weighted by Crippen LogP contribution is -2.13. The summed E-state index contributed by atoms with van der Waals surface area (Å²) in [6.45, 7) is 2.05. The van der Waals surface area contributed by atoms with E-state index in [4.69, 9.17) is 5.11 Å². The number of hydrogen-bond donors (Lipinski definition) is 1. The Balaban J connectivity index is 2.19. The Bertz CT molecular complexity index is 402. The average Bonchev–Trinajstić information content (AvgIpc) is 2.94. The van der Waals surface area contributed by atoms with Gasteiger partial charge in [0.05, 0.1) is 5.75 Å². The molecule has 0 aliphatic carbocycles. The van der Waals surface area contributed by atoms with Gasteiger partial charge in [0, 0.05) is 18.2 Å². The molecule has 7 heteroatoms. The number of thioether (sulfide) groups is 2. The van der Waals surface area contributed by atoms with Gasteiger partial charge in [-0.3, -0.25) is 4.79 Å². The Labute approximate surface area is 108 Å². The quantitative estimate of drug-likeness (QED) is 0.824. The van der Waals surface area contributed by atoms with Crippen LogP contribution in [0.3, 0.4) is 0 Å². The van der Waals surface area contributed by atoms with Gasteiger partial charge in [0.1, 0.15) is 5.82 Å². The van der Waals surface area contributed by atoms with Crippen molar-refractivity contribution in [1.82, 2.24) is 14.8 Å². The van der Waals surface area contributed by atoms with Crippen molar-refractivity contribution in [2.45, 2.75) is 31.0 Å². The Morgan fingerprint density at radius 2 is 2.47 bits per heavy atom. The summed E-state index contributed by atoms with van der Waals surface area (Å²) >= 11 is 3.19. The summed E-state index contributed by atoms with van der Waals surface area (Å²) in [5.74, 6) is 2.43. The topological polar surface area (TPSA) is 68.0 Å². The van der Waals surface area contributed by atoms with Crippen molar-refractivity contribution in [2.75, 3.05) is 17.3 Å². The number of carboxylic acids is 1. The van der Waals surface area contributed by atoms with E-state index < -0.39 is 5.97 Å². The monoisotopic (exact) mass is 273 g/mol. The van der Waals surface area contributed by atoms with E-state index in [9.17, 15) is 4.79 Å². The summed E-state index contributed by atoms with van der Waals surface area (Å²) in [7, 11) is 0. The van der Waals surface area contributed by atoms with Crippen molar-refractivity contribution in [1.29, 1.82) is 0 Å². The van der Waals surface area contributed by atoms with Crippen LogP contribution in [0.1, 0.15) is 25.2 Å². The Morgan fingerprint density at radius 1 is 1.65 bits per heavy atom. The first kappa shape index (κ1) is 12.8. The predicted octanol–water partition coefficient (Wildman–Crippen LogP) is 1.70. The van der Waals surface area contributed by atoms with E-state index in [0.29, 0.717) is 6.04 Å². The Kier molecular flexibility index (Phi) is 4.33. The first-order valence-corrected chi connectivity index (χ1v) is 7.72. The summed E-state index contributed by atoms with van der Waals surface area (Å²) in [4.78, 5) is 10.6. The van der Waals surface area contributed by atoms with Gasteiger partial charge in [0.25, 0.3) is 0 Å². The van der Waals surface area contributed by atoms with Gasteiger partial charge in [-0.25, -0.2) is 0 Å². The Hall–Kier alpha value is -0.690. The zero-order valence-corrected chi connectivity index (χ0v) is 11.3. The minimum absolute atomic E-state index is 0.0434. The van der Waals surface area contributed by atoms with Gasteiger partial charge in [-0.15, -0.1) is 10.2 Å². The van der Waals surface area contributed by atoms with E-state index in [1.165, 1.54) is 11.8 Å². The maximum absolute atomic E-state index is 10.6. The third-order valence-corrected chi connectivity index (χ3v) is 4.72. The highest BCUT2D eigenvalue weighted by atomic mass is 32.2. The molecule has 2 rings (SSSR count). The van der Waals surface area contributed by atoms with Crippen molar-refractivity contribution in [2.24, 2.45) is 0 Å². The molecule has 0 spiro atoms. The summed E-state index contributed by atoms with van der Waals surface area (Å²) in [5.41, 5.74) is 0. The van der Waals surface area contributed by atoms with Gasteiger partial charge in [-0.1, -0.05) is 18.7 Å². The van der Waals surface area contributed by atoms with Crippen LogP contribution >= 0.6 is 23.5 Å². The third kappa shape index (κ3) is 2.95. The molecule has 1 aliphatic rings. The molecule has 1 atom stereocenters. The van der Waals surface area contributed by atoms with Gasteiger partial charge in [-0.05, 0) is 12.2 Å². The molecule has 2 heterocycles. The summed E-state index contributed by atoms with van der Waals surface area (Å²) in [5, 5.41) is 17.7. The number of hydrogen-bond acceptors (Lipinski definition) is 5. The lowest BCUT2D eigenvalue weighted by Gasteiger charge is -2.15. The van der Waals surface area contributed by atoms with Crippen molar-refractivity contribution in [3.05, 3.63) is 5.82 Å². The van der Waals surface area contributed by atoms with Crippen molar-refractivity contribution in [3.8, 4) is 0 Å². The molecule has 5 nitrogen and oxygen atoms in total. The van der Waals surface area contributed by atoms with E-state index in [1.54, 1.807) is 0 Å². The molecule has 1 N–H and O–H groups in total. The molecule has 0 aromatic carbocycles. The molecular formula is C10H15N3O2S2. The van der Waals surface area contributed by atoms with Crippen LogP contribution in [-0.2, 0) is 11.2 Å². The van der Waals surface area contributed by atoms with Gasteiger partial charge in [0.15, 0.2) is 5.16 Å². The molecule has 94 valence electrons. The molecular weight excluding hydrogens is 258 g/mol. The second kappa shape index (κ2) is 5.77. The molecule has 0 bridgehead atoms. The molecule has 1 saturated heterocycles. The molecule has 1 aliphatic heterocycles. The minimum Gasteiger partial charge on any atom is -0.481 e. The van der Waals surface area contributed by atoms with E-state index in [0.717, 1.165) is 35.3 Å². The SMILES string of the molecule is CCc1nnc(SCC(=O)O)n1C1CCSC1.